The van der Waals surface area contributed by atoms with Crippen molar-refractivity contribution in [3.05, 3.63) is 59.2 Å². The van der Waals surface area contributed by atoms with Crippen LogP contribution in [0.25, 0.3) is 0 Å². The van der Waals surface area contributed by atoms with Gasteiger partial charge in [-0.15, -0.1) is 0 Å². The number of carboxylic acids is 1. The summed E-state index contributed by atoms with van der Waals surface area (Å²) in [4.78, 5) is 51.2. The van der Waals surface area contributed by atoms with Crippen molar-refractivity contribution in [2.75, 3.05) is 6.79 Å². The van der Waals surface area contributed by atoms with E-state index in [1.165, 1.54) is 25.1 Å². The molecular weight excluding hydrogens is 458 g/mol. The molecule has 2 aromatic rings. The maximum absolute atomic E-state index is 13.6. The van der Waals surface area contributed by atoms with Crippen LogP contribution in [0.5, 0.6) is 11.5 Å². The number of rotatable bonds is 7. The second kappa shape index (κ2) is 8.63. The molecule has 12 nitrogen and oxygen atoms in total. The number of amides is 4. The highest BCUT2D eigenvalue weighted by Gasteiger charge is 2.53. The third-order valence-corrected chi connectivity index (χ3v) is 5.93. The van der Waals surface area contributed by atoms with Gasteiger partial charge < -0.3 is 25.6 Å². The van der Waals surface area contributed by atoms with E-state index in [2.05, 4.69) is 5.32 Å². The van der Waals surface area contributed by atoms with Gasteiger partial charge in [-0.2, -0.15) is 5.01 Å². The van der Waals surface area contributed by atoms with Crippen molar-refractivity contribution in [3.63, 3.8) is 0 Å². The molecule has 2 atom stereocenters. The Bertz CT molecular complexity index is 1250. The quantitative estimate of drug-likeness (QED) is 0.261. The van der Waals surface area contributed by atoms with Crippen LogP contribution in [0.1, 0.15) is 43.0 Å². The lowest BCUT2D eigenvalue weighted by atomic mass is 9.91. The molecular formula is C23H23N5O7. The molecule has 5 N–H and O–H groups in total. The minimum absolute atomic E-state index is 0.00734. The van der Waals surface area contributed by atoms with Crippen molar-refractivity contribution in [2.24, 2.45) is 5.73 Å². The number of carbonyl (C=O) groups excluding carboxylic acids is 3. The summed E-state index contributed by atoms with van der Waals surface area (Å²) in [6, 6.07) is 8.71. The second-order valence-corrected chi connectivity index (χ2v) is 8.25. The van der Waals surface area contributed by atoms with Gasteiger partial charge in [0, 0.05) is 12.5 Å². The van der Waals surface area contributed by atoms with Gasteiger partial charge in [0.25, 0.3) is 5.91 Å². The maximum Gasteiger partial charge on any atom is 0.344 e. The first-order valence-electron chi connectivity index (χ1n) is 10.6. The fraction of sp³-hybridized carbons (Fsp3) is 0.261. The normalized spacial score (nSPS) is 19.3. The van der Waals surface area contributed by atoms with E-state index in [-0.39, 0.29) is 12.6 Å². The van der Waals surface area contributed by atoms with Crippen LogP contribution in [-0.4, -0.2) is 51.6 Å². The smallest absolute Gasteiger partial charge is 0.344 e. The highest BCUT2D eigenvalue weighted by Crippen LogP contribution is 2.39. The van der Waals surface area contributed by atoms with E-state index in [1.54, 1.807) is 24.3 Å². The topological polar surface area (TPSA) is 175 Å². The zero-order chi connectivity index (χ0) is 25.5. The van der Waals surface area contributed by atoms with Crippen molar-refractivity contribution in [3.8, 4) is 11.5 Å². The van der Waals surface area contributed by atoms with Gasteiger partial charge in [0.15, 0.2) is 11.5 Å². The number of hydrogen-bond acceptors (Lipinski definition) is 7. The van der Waals surface area contributed by atoms with Crippen LogP contribution >= 0.6 is 0 Å². The zero-order valence-corrected chi connectivity index (χ0v) is 18.9. The standard InChI is InChI=1S/C23H23N5O7/c1-12(29)27(16(10-19(30)31)14-5-8-17-18(9-14)35-11-34-17)28-21(32)23(2,26-22(28)33)15-6-3-13(4-7-15)20(24)25/h3-9,16H,10-11H2,1-2H3,(H3,24,25)(H,26,33)(H,30,31)/t16-,23-/m1/s1. The Balaban J connectivity index is 1.74. The first kappa shape index (κ1) is 23.5. The second-order valence-electron chi connectivity index (χ2n) is 8.25. The number of hydrazine groups is 1. The Labute approximate surface area is 199 Å². The van der Waals surface area contributed by atoms with Crippen molar-refractivity contribution in [1.29, 1.82) is 5.41 Å². The summed E-state index contributed by atoms with van der Waals surface area (Å²) in [5, 5.41) is 21.2. The number of ether oxygens (including phenoxy) is 2. The molecule has 2 aliphatic rings. The average Bonchev–Trinajstić information content (AvgIpc) is 3.36. The third-order valence-electron chi connectivity index (χ3n) is 5.93. The number of nitrogens with two attached hydrogens (primary N) is 1. The number of carboxylic acid groups (broad SMARTS) is 1. The molecule has 2 aromatic carbocycles. The summed E-state index contributed by atoms with van der Waals surface area (Å²) in [6.07, 6.45) is -0.583. The highest BCUT2D eigenvalue weighted by molar-refractivity contribution is 6.08. The molecule has 2 aliphatic heterocycles. The van der Waals surface area contributed by atoms with Crippen LogP contribution in [0.3, 0.4) is 0 Å². The fourth-order valence-corrected chi connectivity index (χ4v) is 4.13. The summed E-state index contributed by atoms with van der Waals surface area (Å²) >= 11 is 0. The minimum atomic E-state index is -1.55. The monoisotopic (exact) mass is 481 g/mol. The predicted octanol–water partition coefficient (Wildman–Crippen LogP) is 1.45. The van der Waals surface area contributed by atoms with Gasteiger partial charge in [-0.3, -0.25) is 19.8 Å². The third kappa shape index (κ3) is 4.09. The molecule has 4 amide bonds. The van der Waals surface area contributed by atoms with E-state index >= 15 is 0 Å². The van der Waals surface area contributed by atoms with Crippen LogP contribution in [-0.2, 0) is 19.9 Å². The van der Waals surface area contributed by atoms with Gasteiger partial charge in [0.1, 0.15) is 11.4 Å². The number of fused-ring (bicyclic) bond motifs is 1. The number of aliphatic carboxylic acids is 1. The van der Waals surface area contributed by atoms with E-state index in [9.17, 15) is 24.3 Å². The number of urea groups is 1. The molecule has 0 radical (unpaired) electrons. The maximum atomic E-state index is 13.6. The largest absolute Gasteiger partial charge is 0.481 e. The number of amidine groups is 1. The van der Waals surface area contributed by atoms with Crippen LogP contribution in [0, 0.1) is 5.41 Å². The summed E-state index contributed by atoms with van der Waals surface area (Å²) < 4.78 is 10.6. The van der Waals surface area contributed by atoms with Crippen LogP contribution in [0.2, 0.25) is 0 Å². The number of imide groups is 1. The van der Waals surface area contributed by atoms with E-state index in [1.807, 2.05) is 0 Å². The Morgan fingerprint density at radius 2 is 1.86 bits per heavy atom. The molecule has 12 heteroatoms. The molecule has 0 saturated carbocycles. The number of nitrogens with one attached hydrogen (secondary N) is 2. The van der Waals surface area contributed by atoms with Crippen LogP contribution in [0.4, 0.5) is 4.79 Å². The molecule has 0 spiro atoms. The minimum Gasteiger partial charge on any atom is -0.481 e. The van der Waals surface area contributed by atoms with Crippen molar-refractivity contribution >= 4 is 29.7 Å². The number of benzene rings is 2. The molecule has 35 heavy (non-hydrogen) atoms. The fourth-order valence-electron chi connectivity index (χ4n) is 4.13. The Hall–Kier alpha value is -4.61. The van der Waals surface area contributed by atoms with E-state index < -0.39 is 41.8 Å². The molecule has 4 rings (SSSR count). The van der Waals surface area contributed by atoms with Gasteiger partial charge in [0.2, 0.25) is 12.7 Å². The molecule has 1 fully saturated rings. The summed E-state index contributed by atoms with van der Waals surface area (Å²) in [5.74, 6) is -2.08. The SMILES string of the molecule is CC(=O)N([C@H](CC(=O)O)c1ccc2c(c1)OCO2)N1C(=O)N[C@](C)(c2ccc(C(=N)N)cc2)C1=O. The molecule has 0 aromatic heterocycles. The summed E-state index contributed by atoms with van der Waals surface area (Å²) in [5.41, 5.74) is 5.10. The van der Waals surface area contributed by atoms with E-state index in [0.29, 0.717) is 33.2 Å². The first-order valence-corrected chi connectivity index (χ1v) is 10.6. The van der Waals surface area contributed by atoms with Gasteiger partial charge in [-0.25, -0.2) is 9.80 Å². The van der Waals surface area contributed by atoms with Gasteiger partial charge in [-0.05, 0) is 30.2 Å². The van der Waals surface area contributed by atoms with Crippen molar-refractivity contribution in [1.82, 2.24) is 15.3 Å². The van der Waals surface area contributed by atoms with Gasteiger partial charge >= 0.3 is 12.0 Å². The van der Waals surface area contributed by atoms with Gasteiger partial charge in [-0.1, -0.05) is 30.3 Å². The van der Waals surface area contributed by atoms with Crippen LogP contribution in [0.15, 0.2) is 42.5 Å². The first-order chi connectivity index (χ1) is 16.5. The number of nitrogen functional groups attached to an aromatic ring is 1. The van der Waals surface area contributed by atoms with Crippen molar-refractivity contribution < 1.29 is 33.8 Å². The van der Waals surface area contributed by atoms with Gasteiger partial charge in [0.05, 0.1) is 12.5 Å². The molecule has 1 saturated heterocycles. The lowest BCUT2D eigenvalue weighted by molar-refractivity contribution is -0.162. The lowest BCUT2D eigenvalue weighted by Crippen LogP contribution is -2.52. The molecule has 0 unspecified atom stereocenters. The summed E-state index contributed by atoms with van der Waals surface area (Å²) in [6.45, 7) is 2.60. The van der Waals surface area contributed by atoms with E-state index in [4.69, 9.17) is 20.6 Å². The van der Waals surface area contributed by atoms with Crippen LogP contribution < -0.4 is 20.5 Å². The lowest BCUT2D eigenvalue weighted by Gasteiger charge is -2.35. The predicted molar refractivity (Wildman–Crippen MR) is 120 cm³/mol. The van der Waals surface area contributed by atoms with E-state index in [0.717, 1.165) is 11.9 Å². The zero-order valence-electron chi connectivity index (χ0n) is 18.9. The highest BCUT2D eigenvalue weighted by atomic mass is 16.7. The molecule has 0 aliphatic carbocycles. The number of nitrogens with zero attached hydrogens (tertiary/aromatic N) is 2. The molecule has 2 heterocycles. The molecule has 0 bridgehead atoms. The molecule has 182 valence electrons. The summed E-state index contributed by atoms with van der Waals surface area (Å²) in [7, 11) is 0. The number of hydrogen-bond donors (Lipinski definition) is 4. The Morgan fingerprint density at radius 1 is 1.20 bits per heavy atom. The number of carbonyl (C=O) groups is 4. The average molecular weight is 481 g/mol. The Morgan fingerprint density at radius 3 is 2.46 bits per heavy atom. The Kier molecular flexibility index (Phi) is 5.81. The van der Waals surface area contributed by atoms with Crippen molar-refractivity contribution in [2.45, 2.75) is 31.8 Å².